The number of ether oxygens (including phenoxy) is 1. The third kappa shape index (κ3) is 4.32. The van der Waals surface area contributed by atoms with Crippen molar-refractivity contribution in [2.45, 2.75) is 29.4 Å². The predicted octanol–water partition coefficient (Wildman–Crippen LogP) is 3.16. The van der Waals surface area contributed by atoms with Crippen LogP contribution in [0.2, 0.25) is 0 Å². The minimum absolute atomic E-state index is 0.0603. The minimum atomic E-state index is 0.0603. The Hall–Kier alpha value is -1.94. The maximum absolute atomic E-state index is 8.93. The van der Waals surface area contributed by atoms with Gasteiger partial charge in [-0.25, -0.2) is 9.97 Å². The zero-order valence-corrected chi connectivity index (χ0v) is 18.0. The first-order valence-corrected chi connectivity index (χ1v) is 11.6. The summed E-state index contributed by atoms with van der Waals surface area (Å²) in [6.45, 7) is 1.21. The molecule has 0 atom stereocenters. The number of hydrogen-bond donors (Lipinski definition) is 3. The predicted molar refractivity (Wildman–Crippen MR) is 119 cm³/mol. The lowest BCUT2D eigenvalue weighted by molar-refractivity contribution is -0.364. The number of pyridine rings is 1. The minimum Gasteiger partial charge on any atom is -0.397 e. The van der Waals surface area contributed by atoms with Gasteiger partial charge in [-0.05, 0) is 30.4 Å². The molecule has 0 amide bonds. The van der Waals surface area contributed by atoms with Crippen LogP contribution in [0.15, 0.2) is 22.7 Å². The standard InChI is InChI=1S/C20H25N5O2S2/c1-27-7-8-28-19-17(21)16-14(12-3-2-4-12)9-15(25-18(16)29-19)13-10-23-20(24-11-13)22-5-6-26/h9-12,26H,2-8,21H2,1H3,(H,22,23,24)/p+1. The highest BCUT2D eigenvalue weighted by atomic mass is 32.2. The van der Waals surface area contributed by atoms with Crippen molar-refractivity contribution in [3.05, 3.63) is 24.0 Å². The number of anilines is 2. The topological polar surface area (TPSA) is 107 Å². The highest BCUT2D eigenvalue weighted by Gasteiger charge is 2.26. The fourth-order valence-corrected chi connectivity index (χ4v) is 5.69. The lowest BCUT2D eigenvalue weighted by atomic mass is 9.79. The van der Waals surface area contributed by atoms with Crippen LogP contribution in [0.4, 0.5) is 11.6 Å². The van der Waals surface area contributed by atoms with Crippen molar-refractivity contribution in [2.24, 2.45) is 0 Å². The van der Waals surface area contributed by atoms with E-state index in [9.17, 15) is 0 Å². The van der Waals surface area contributed by atoms with E-state index in [1.165, 1.54) is 24.8 Å². The van der Waals surface area contributed by atoms with Gasteiger partial charge in [-0.3, -0.25) is 5.32 Å². The fraction of sp³-hybridized carbons (Fsp3) is 0.450. The van der Waals surface area contributed by atoms with Crippen LogP contribution < -0.4 is 16.0 Å². The summed E-state index contributed by atoms with van der Waals surface area (Å²) in [5, 5.41) is 13.1. The van der Waals surface area contributed by atoms with Gasteiger partial charge in [0.15, 0.2) is 0 Å². The second-order valence-corrected chi connectivity index (χ2v) is 9.41. The number of nitrogen functional groups attached to an aromatic ring is 1. The van der Waals surface area contributed by atoms with Crippen molar-refractivity contribution < 1.29 is 14.8 Å². The molecule has 0 aliphatic heterocycles. The molecule has 9 heteroatoms. The molecule has 3 aromatic heterocycles. The second kappa shape index (κ2) is 9.25. The maximum atomic E-state index is 8.93. The fourth-order valence-electron chi connectivity index (χ4n) is 3.41. The summed E-state index contributed by atoms with van der Waals surface area (Å²) in [4.78, 5) is 13.4. The molecular weight excluding hydrogens is 406 g/mol. The molecule has 0 bridgehead atoms. The molecule has 0 spiro atoms. The number of hydrogen-bond acceptors (Lipinski definition) is 8. The van der Waals surface area contributed by atoms with Crippen molar-refractivity contribution in [1.82, 2.24) is 9.97 Å². The number of fused-ring (bicyclic) bond motifs is 1. The summed E-state index contributed by atoms with van der Waals surface area (Å²) in [5.41, 5.74) is 10.6. The average Bonchev–Trinajstić information content (AvgIpc) is 3.01. The van der Waals surface area contributed by atoms with Crippen molar-refractivity contribution in [1.29, 1.82) is 0 Å². The first kappa shape index (κ1) is 20.3. The van der Waals surface area contributed by atoms with E-state index in [0.29, 0.717) is 25.0 Å². The molecule has 3 aromatic rings. The van der Waals surface area contributed by atoms with Crippen LogP contribution in [0.3, 0.4) is 0 Å². The zero-order valence-electron chi connectivity index (χ0n) is 16.4. The van der Waals surface area contributed by atoms with E-state index in [2.05, 4.69) is 21.4 Å². The number of aliphatic hydroxyl groups is 1. The number of thioether (sulfide) groups is 1. The number of nitrogens with two attached hydrogens (primary N) is 1. The van der Waals surface area contributed by atoms with E-state index in [4.69, 9.17) is 20.6 Å². The Morgan fingerprint density at radius 1 is 1.45 bits per heavy atom. The van der Waals surface area contributed by atoms with Gasteiger partial charge >= 0.3 is 5.95 Å². The molecular formula is C20H26N5O2S2+. The molecule has 3 heterocycles. The molecule has 4 rings (SSSR count). The largest absolute Gasteiger partial charge is 0.397 e. The molecule has 154 valence electrons. The lowest BCUT2D eigenvalue weighted by Gasteiger charge is -2.27. The van der Waals surface area contributed by atoms with Crippen LogP contribution in [0.25, 0.3) is 21.5 Å². The number of rotatable bonds is 9. The Labute approximate surface area is 178 Å². The second-order valence-electron chi connectivity index (χ2n) is 7.05. The molecule has 1 aliphatic carbocycles. The number of nitrogens with one attached hydrogen (secondary N) is 2. The first-order chi connectivity index (χ1) is 14.2. The summed E-state index contributed by atoms with van der Waals surface area (Å²) < 4.78 is 6.30. The van der Waals surface area contributed by atoms with Crippen LogP contribution in [0, 0.1) is 0 Å². The number of aromatic amines is 1. The van der Waals surface area contributed by atoms with Crippen molar-refractivity contribution in [3.63, 3.8) is 0 Å². The summed E-state index contributed by atoms with van der Waals surface area (Å²) in [7, 11) is 1.72. The van der Waals surface area contributed by atoms with Gasteiger partial charge in [0, 0.05) is 18.2 Å². The monoisotopic (exact) mass is 432 g/mol. The molecule has 29 heavy (non-hydrogen) atoms. The van der Waals surface area contributed by atoms with Crippen molar-refractivity contribution in [2.75, 3.05) is 43.7 Å². The Morgan fingerprint density at radius 2 is 2.31 bits per heavy atom. The highest BCUT2D eigenvalue weighted by Crippen LogP contribution is 2.47. The third-order valence-electron chi connectivity index (χ3n) is 5.16. The Balaban J connectivity index is 1.71. The number of H-pyrrole nitrogens is 1. The van der Waals surface area contributed by atoms with Crippen molar-refractivity contribution >= 4 is 45.0 Å². The van der Waals surface area contributed by atoms with E-state index in [1.807, 2.05) is 6.20 Å². The lowest BCUT2D eigenvalue weighted by Crippen LogP contribution is -2.17. The van der Waals surface area contributed by atoms with Crippen LogP contribution in [-0.4, -0.2) is 47.7 Å². The summed E-state index contributed by atoms with van der Waals surface area (Å²) in [6, 6.07) is 2.19. The van der Waals surface area contributed by atoms with Gasteiger partial charge in [0.1, 0.15) is 11.0 Å². The van der Waals surface area contributed by atoms with Gasteiger partial charge in [-0.1, -0.05) is 11.4 Å². The first-order valence-electron chi connectivity index (χ1n) is 9.78. The Bertz CT molecular complexity index is 973. The quantitative estimate of drug-likeness (QED) is 0.352. The van der Waals surface area contributed by atoms with Gasteiger partial charge in [0.2, 0.25) is 0 Å². The Kier molecular flexibility index (Phi) is 6.49. The molecule has 1 fully saturated rings. The maximum Gasteiger partial charge on any atom is 0.389 e. The van der Waals surface area contributed by atoms with Crippen LogP contribution in [0.5, 0.6) is 0 Å². The molecule has 1 saturated carbocycles. The summed E-state index contributed by atoms with van der Waals surface area (Å²) >= 11 is 3.40. The van der Waals surface area contributed by atoms with E-state index >= 15 is 0 Å². The van der Waals surface area contributed by atoms with E-state index in [-0.39, 0.29) is 6.61 Å². The smallest absolute Gasteiger partial charge is 0.389 e. The SMILES string of the molecule is COCCSc1sc2nc(-c3cnc(NCCO)[nH+]c3)cc(C3CCC3)c2c1N. The molecule has 0 aromatic carbocycles. The molecule has 5 N–H and O–H groups in total. The van der Waals surface area contributed by atoms with Gasteiger partial charge in [0.05, 0.1) is 47.1 Å². The van der Waals surface area contributed by atoms with Crippen molar-refractivity contribution in [3.8, 4) is 11.3 Å². The summed E-state index contributed by atoms with van der Waals surface area (Å²) in [6.07, 6.45) is 7.38. The Morgan fingerprint density at radius 3 is 2.97 bits per heavy atom. The number of aromatic nitrogens is 3. The summed E-state index contributed by atoms with van der Waals surface area (Å²) in [5.74, 6) is 2.05. The normalized spacial score (nSPS) is 14.3. The number of nitrogens with zero attached hydrogens (tertiary/aromatic N) is 2. The van der Waals surface area contributed by atoms with Crippen LogP contribution >= 0.6 is 23.1 Å². The highest BCUT2D eigenvalue weighted by molar-refractivity contribution is 8.01. The van der Waals surface area contributed by atoms with Gasteiger partial charge in [-0.2, -0.15) is 0 Å². The van der Waals surface area contributed by atoms with E-state index in [0.717, 1.165) is 37.1 Å². The van der Waals surface area contributed by atoms with Crippen LogP contribution in [0.1, 0.15) is 30.7 Å². The van der Waals surface area contributed by atoms with Gasteiger partial charge in [0.25, 0.3) is 0 Å². The molecule has 0 radical (unpaired) electrons. The number of methoxy groups -OCH3 is 1. The molecule has 7 nitrogen and oxygen atoms in total. The average molecular weight is 433 g/mol. The van der Waals surface area contributed by atoms with Crippen LogP contribution in [-0.2, 0) is 4.74 Å². The van der Waals surface area contributed by atoms with E-state index in [1.54, 1.807) is 36.4 Å². The molecule has 1 aliphatic rings. The zero-order chi connectivity index (χ0) is 20.2. The van der Waals surface area contributed by atoms with E-state index < -0.39 is 0 Å². The molecule has 0 saturated heterocycles. The number of thiophene rings is 1. The van der Waals surface area contributed by atoms with Gasteiger partial charge < -0.3 is 15.6 Å². The third-order valence-corrected chi connectivity index (χ3v) is 7.51. The molecule has 0 unspecified atom stereocenters. The van der Waals surface area contributed by atoms with Gasteiger partial charge in [-0.15, -0.1) is 23.1 Å². The number of aliphatic hydroxyl groups excluding tert-OH is 1.